The lowest BCUT2D eigenvalue weighted by atomic mass is 9.74. The summed E-state index contributed by atoms with van der Waals surface area (Å²) in [6.45, 7) is 3.77. The van der Waals surface area contributed by atoms with Gasteiger partial charge in [-0.2, -0.15) is 5.10 Å². The zero-order valence-corrected chi connectivity index (χ0v) is 19.9. The van der Waals surface area contributed by atoms with Crippen LogP contribution in [0.25, 0.3) is 10.9 Å². The zero-order chi connectivity index (χ0) is 24.4. The first kappa shape index (κ1) is 21.6. The molecule has 1 atom stereocenters. The maximum atomic E-state index is 13.2. The Morgan fingerprint density at radius 1 is 1.11 bits per heavy atom. The molecule has 9 nitrogen and oxygen atoms in total. The summed E-state index contributed by atoms with van der Waals surface area (Å²) in [5.41, 5.74) is 5.00. The van der Waals surface area contributed by atoms with Gasteiger partial charge in [0.05, 0.1) is 24.9 Å². The molecule has 36 heavy (non-hydrogen) atoms. The molecule has 4 aliphatic heterocycles. The molecule has 1 aromatic heterocycles. The number of benzene rings is 2. The van der Waals surface area contributed by atoms with Gasteiger partial charge in [-0.05, 0) is 44.0 Å². The molecule has 0 bridgehead atoms. The summed E-state index contributed by atoms with van der Waals surface area (Å²) in [7, 11) is 0. The van der Waals surface area contributed by atoms with Gasteiger partial charge in [0.25, 0.3) is 5.91 Å². The number of hydrogen-bond acceptors (Lipinski definition) is 6. The number of aromatic nitrogens is 2. The first-order valence-electron chi connectivity index (χ1n) is 12.6. The average Bonchev–Trinajstić information content (AvgIpc) is 3.58. The number of ether oxygens (including phenoxy) is 1. The second-order valence-electron chi connectivity index (χ2n) is 10.5. The predicted molar refractivity (Wildman–Crippen MR) is 130 cm³/mol. The second kappa shape index (κ2) is 7.89. The van der Waals surface area contributed by atoms with Crippen LogP contribution in [-0.2, 0) is 28.1 Å². The summed E-state index contributed by atoms with van der Waals surface area (Å²) in [4.78, 5) is 41.2. The van der Waals surface area contributed by atoms with E-state index in [9.17, 15) is 14.4 Å². The molecule has 2 aromatic carbocycles. The molecule has 4 aliphatic rings. The number of para-hydroxylation sites is 1. The first-order chi connectivity index (χ1) is 17.5. The number of nitrogens with one attached hydrogen (secondary N) is 2. The van der Waals surface area contributed by atoms with E-state index in [2.05, 4.69) is 44.7 Å². The molecule has 2 saturated heterocycles. The standard InChI is InChI=1S/C27H27N5O4/c33-22-7-6-21(25(34)29-22)32-14-19-18(26(32)35)4-5-20-24(19)36-15-27(20)8-10-31(11-9-27)13-17-3-1-2-16-12-28-30-23(16)17/h1-5,12,21H,6-11,13-15H2,(H,28,30)(H,29,33,34). The fraction of sp³-hybridized carbons (Fsp3) is 0.407. The van der Waals surface area contributed by atoms with E-state index in [0.29, 0.717) is 25.1 Å². The largest absolute Gasteiger partial charge is 0.492 e. The van der Waals surface area contributed by atoms with Gasteiger partial charge >= 0.3 is 0 Å². The van der Waals surface area contributed by atoms with Crippen LogP contribution in [0.2, 0.25) is 0 Å². The number of piperidine rings is 2. The third kappa shape index (κ3) is 3.19. The Morgan fingerprint density at radius 3 is 2.81 bits per heavy atom. The number of hydrogen-bond donors (Lipinski definition) is 2. The highest BCUT2D eigenvalue weighted by Gasteiger charge is 2.47. The Morgan fingerprint density at radius 2 is 1.97 bits per heavy atom. The average molecular weight is 486 g/mol. The van der Waals surface area contributed by atoms with Gasteiger partial charge in [0.2, 0.25) is 11.8 Å². The van der Waals surface area contributed by atoms with Crippen molar-refractivity contribution in [3.63, 3.8) is 0 Å². The molecule has 3 aromatic rings. The fourth-order valence-electron chi connectivity index (χ4n) is 6.44. The molecule has 1 spiro atoms. The van der Waals surface area contributed by atoms with Crippen molar-refractivity contribution in [3.05, 3.63) is 58.8 Å². The van der Waals surface area contributed by atoms with E-state index in [-0.39, 0.29) is 29.6 Å². The zero-order valence-electron chi connectivity index (χ0n) is 19.9. The summed E-state index contributed by atoms with van der Waals surface area (Å²) in [5.74, 6) is -0.000211. The Hall–Kier alpha value is -3.72. The van der Waals surface area contributed by atoms with Crippen LogP contribution in [-0.4, -0.2) is 63.5 Å². The minimum absolute atomic E-state index is 0.0496. The second-order valence-corrected chi connectivity index (χ2v) is 10.5. The van der Waals surface area contributed by atoms with E-state index in [1.807, 2.05) is 12.3 Å². The molecule has 1 unspecified atom stereocenters. The summed E-state index contributed by atoms with van der Waals surface area (Å²) >= 11 is 0. The highest BCUT2D eigenvalue weighted by molar-refractivity contribution is 6.05. The molecular weight excluding hydrogens is 458 g/mol. The molecule has 2 fully saturated rings. The van der Waals surface area contributed by atoms with Gasteiger partial charge in [0.1, 0.15) is 11.8 Å². The molecule has 3 amide bonds. The molecule has 0 aliphatic carbocycles. The molecule has 7 rings (SSSR count). The highest BCUT2D eigenvalue weighted by atomic mass is 16.5. The Labute approximate surface area is 207 Å². The van der Waals surface area contributed by atoms with Crippen molar-refractivity contribution in [2.75, 3.05) is 19.7 Å². The van der Waals surface area contributed by atoms with Crippen LogP contribution in [0, 0.1) is 0 Å². The molecule has 2 N–H and O–H groups in total. The van der Waals surface area contributed by atoms with Gasteiger partial charge in [0, 0.05) is 40.5 Å². The van der Waals surface area contributed by atoms with Gasteiger partial charge in [0.15, 0.2) is 0 Å². The van der Waals surface area contributed by atoms with Crippen molar-refractivity contribution in [2.45, 2.75) is 50.2 Å². The lowest BCUT2D eigenvalue weighted by Gasteiger charge is -2.38. The number of carbonyl (C=O) groups excluding carboxylic acids is 3. The summed E-state index contributed by atoms with van der Waals surface area (Å²) < 4.78 is 6.30. The predicted octanol–water partition coefficient (Wildman–Crippen LogP) is 2.25. The van der Waals surface area contributed by atoms with E-state index in [4.69, 9.17) is 4.74 Å². The summed E-state index contributed by atoms with van der Waals surface area (Å²) in [5, 5.41) is 10.8. The van der Waals surface area contributed by atoms with Crippen molar-refractivity contribution in [1.29, 1.82) is 0 Å². The third-order valence-electron chi connectivity index (χ3n) is 8.50. The highest BCUT2D eigenvalue weighted by Crippen LogP contribution is 2.49. The number of likely N-dealkylation sites (tertiary alicyclic amines) is 1. The Balaban J connectivity index is 1.10. The fourth-order valence-corrected chi connectivity index (χ4v) is 6.44. The van der Waals surface area contributed by atoms with Gasteiger partial charge in [-0.15, -0.1) is 0 Å². The van der Waals surface area contributed by atoms with Crippen LogP contribution < -0.4 is 10.1 Å². The number of aromatic amines is 1. The topological polar surface area (TPSA) is 108 Å². The number of rotatable bonds is 3. The van der Waals surface area contributed by atoms with Crippen LogP contribution >= 0.6 is 0 Å². The molecule has 0 saturated carbocycles. The lowest BCUT2D eigenvalue weighted by molar-refractivity contribution is -0.136. The molecule has 184 valence electrons. The minimum Gasteiger partial charge on any atom is -0.492 e. The van der Waals surface area contributed by atoms with Crippen molar-refractivity contribution in [1.82, 2.24) is 25.3 Å². The maximum Gasteiger partial charge on any atom is 0.255 e. The molecule has 9 heteroatoms. The van der Waals surface area contributed by atoms with E-state index in [1.54, 1.807) is 4.90 Å². The normalized spacial score (nSPS) is 23.2. The number of nitrogens with zero attached hydrogens (tertiary/aromatic N) is 3. The smallest absolute Gasteiger partial charge is 0.255 e. The van der Waals surface area contributed by atoms with Crippen LogP contribution in [0.15, 0.2) is 36.5 Å². The molecular formula is C27H27N5O4. The van der Waals surface area contributed by atoms with E-state index < -0.39 is 6.04 Å². The van der Waals surface area contributed by atoms with Crippen molar-refractivity contribution in [2.24, 2.45) is 0 Å². The van der Waals surface area contributed by atoms with Crippen LogP contribution in [0.1, 0.15) is 52.7 Å². The Kier molecular flexibility index (Phi) is 4.73. The summed E-state index contributed by atoms with van der Waals surface area (Å²) in [6.07, 6.45) is 4.45. The third-order valence-corrected chi connectivity index (χ3v) is 8.50. The van der Waals surface area contributed by atoms with Gasteiger partial charge in [-0.3, -0.25) is 29.7 Å². The van der Waals surface area contributed by atoms with Crippen molar-refractivity contribution in [3.8, 4) is 5.75 Å². The SMILES string of the molecule is O=C1CCC(N2Cc3c(ccc4c3OCC43CCN(Cc4cccc5cn[nH]c45)CC3)C2=O)C(=O)N1. The van der Waals surface area contributed by atoms with Crippen LogP contribution in [0.3, 0.4) is 0 Å². The molecule has 5 heterocycles. The van der Waals surface area contributed by atoms with Crippen LogP contribution in [0.4, 0.5) is 0 Å². The summed E-state index contributed by atoms with van der Waals surface area (Å²) in [6, 6.07) is 9.67. The maximum absolute atomic E-state index is 13.2. The first-order valence-corrected chi connectivity index (χ1v) is 12.6. The Bertz CT molecular complexity index is 1420. The van der Waals surface area contributed by atoms with Gasteiger partial charge < -0.3 is 9.64 Å². The number of fused-ring (bicyclic) bond motifs is 5. The van der Waals surface area contributed by atoms with E-state index in [0.717, 1.165) is 54.7 Å². The van der Waals surface area contributed by atoms with Crippen molar-refractivity contribution < 1.29 is 19.1 Å². The number of imide groups is 1. The van der Waals surface area contributed by atoms with Gasteiger partial charge in [-0.25, -0.2) is 0 Å². The number of amides is 3. The van der Waals surface area contributed by atoms with E-state index >= 15 is 0 Å². The monoisotopic (exact) mass is 485 g/mol. The van der Waals surface area contributed by atoms with E-state index in [1.165, 1.54) is 11.1 Å². The number of carbonyl (C=O) groups is 3. The quantitative estimate of drug-likeness (QED) is 0.551. The minimum atomic E-state index is -0.615. The number of H-pyrrole nitrogens is 1. The molecule has 0 radical (unpaired) electrons. The van der Waals surface area contributed by atoms with Gasteiger partial charge in [-0.1, -0.05) is 24.3 Å². The lowest BCUT2D eigenvalue weighted by Crippen LogP contribution is -2.52. The van der Waals surface area contributed by atoms with Crippen LogP contribution in [0.5, 0.6) is 5.75 Å². The van der Waals surface area contributed by atoms with Crippen molar-refractivity contribution >= 4 is 28.6 Å².